The zero-order valence-electron chi connectivity index (χ0n) is 12.5. The first-order valence-electron chi connectivity index (χ1n) is 7.61. The summed E-state index contributed by atoms with van der Waals surface area (Å²) in [6.07, 6.45) is 0.873. The molecule has 4 nitrogen and oxygen atoms in total. The molecular weight excluding hydrogens is 250 g/mol. The highest BCUT2D eigenvalue weighted by atomic mass is 16.3. The van der Waals surface area contributed by atoms with Gasteiger partial charge >= 0.3 is 0 Å². The van der Waals surface area contributed by atoms with E-state index in [9.17, 15) is 0 Å². The van der Waals surface area contributed by atoms with Crippen LogP contribution in [0.15, 0.2) is 30.3 Å². The van der Waals surface area contributed by atoms with Gasteiger partial charge in [-0.3, -0.25) is 4.90 Å². The smallest absolute Gasteiger partial charge is 0.0443 e. The molecule has 4 heteroatoms. The minimum absolute atomic E-state index is 0.292. The van der Waals surface area contributed by atoms with Gasteiger partial charge in [0.1, 0.15) is 0 Å². The molecule has 1 fully saturated rings. The van der Waals surface area contributed by atoms with Crippen LogP contribution >= 0.6 is 0 Å². The lowest BCUT2D eigenvalue weighted by Crippen LogP contribution is -2.48. The maximum atomic E-state index is 8.83. The standard InChI is InChI=1S/C16H27N3O/c1-17(8-5-15-20)9-10-18-11-13-19(14-12-18)16-6-3-2-4-7-16/h2-4,6-7,20H,5,8-15H2,1H3. The summed E-state index contributed by atoms with van der Waals surface area (Å²) in [5.41, 5.74) is 1.34. The van der Waals surface area contributed by atoms with Crippen molar-refractivity contribution in [1.82, 2.24) is 9.80 Å². The normalized spacial score (nSPS) is 16.9. The van der Waals surface area contributed by atoms with Gasteiger partial charge in [0.2, 0.25) is 0 Å². The van der Waals surface area contributed by atoms with Crippen LogP contribution in [0, 0.1) is 0 Å². The van der Waals surface area contributed by atoms with Crippen LogP contribution in [0.25, 0.3) is 0 Å². The maximum absolute atomic E-state index is 8.83. The molecular formula is C16H27N3O. The fraction of sp³-hybridized carbons (Fsp3) is 0.625. The number of nitrogens with zero attached hydrogens (tertiary/aromatic N) is 3. The molecule has 0 aliphatic carbocycles. The van der Waals surface area contributed by atoms with Gasteiger partial charge < -0.3 is 14.9 Å². The predicted octanol–water partition coefficient (Wildman–Crippen LogP) is 1.12. The maximum Gasteiger partial charge on any atom is 0.0443 e. The Morgan fingerprint density at radius 3 is 2.40 bits per heavy atom. The van der Waals surface area contributed by atoms with Gasteiger partial charge in [-0.2, -0.15) is 0 Å². The third-order valence-corrected chi connectivity index (χ3v) is 3.99. The molecule has 112 valence electrons. The van der Waals surface area contributed by atoms with E-state index in [0.29, 0.717) is 6.61 Å². The van der Waals surface area contributed by atoms with Crippen molar-refractivity contribution in [2.45, 2.75) is 6.42 Å². The fourth-order valence-corrected chi connectivity index (χ4v) is 2.63. The highest BCUT2D eigenvalue weighted by Crippen LogP contribution is 2.15. The highest BCUT2D eigenvalue weighted by molar-refractivity contribution is 5.46. The van der Waals surface area contributed by atoms with Crippen molar-refractivity contribution in [3.8, 4) is 0 Å². The van der Waals surface area contributed by atoms with Gasteiger partial charge in [-0.1, -0.05) is 18.2 Å². The average Bonchev–Trinajstić information content (AvgIpc) is 2.52. The van der Waals surface area contributed by atoms with Crippen molar-refractivity contribution in [1.29, 1.82) is 0 Å². The van der Waals surface area contributed by atoms with Crippen LogP contribution in [0.5, 0.6) is 0 Å². The van der Waals surface area contributed by atoms with Gasteiger partial charge in [0.25, 0.3) is 0 Å². The number of likely N-dealkylation sites (N-methyl/N-ethyl adjacent to an activating group) is 1. The molecule has 1 N–H and O–H groups in total. The van der Waals surface area contributed by atoms with Gasteiger partial charge in [-0.05, 0) is 25.6 Å². The van der Waals surface area contributed by atoms with E-state index in [4.69, 9.17) is 5.11 Å². The predicted molar refractivity (Wildman–Crippen MR) is 84.3 cm³/mol. The molecule has 20 heavy (non-hydrogen) atoms. The van der Waals surface area contributed by atoms with Gasteiger partial charge in [0, 0.05) is 58.1 Å². The Balaban J connectivity index is 1.67. The first-order valence-corrected chi connectivity index (χ1v) is 7.61. The van der Waals surface area contributed by atoms with E-state index >= 15 is 0 Å². The third-order valence-electron chi connectivity index (χ3n) is 3.99. The molecule has 0 spiro atoms. The van der Waals surface area contributed by atoms with E-state index in [1.54, 1.807) is 0 Å². The molecule has 1 heterocycles. The topological polar surface area (TPSA) is 30.0 Å². The fourth-order valence-electron chi connectivity index (χ4n) is 2.63. The Bertz CT molecular complexity index is 363. The number of rotatable bonds is 7. The third kappa shape index (κ3) is 4.78. The van der Waals surface area contributed by atoms with Crippen LogP contribution in [0.3, 0.4) is 0 Å². The number of hydrogen-bond acceptors (Lipinski definition) is 4. The van der Waals surface area contributed by atoms with Gasteiger partial charge in [-0.25, -0.2) is 0 Å². The van der Waals surface area contributed by atoms with Gasteiger partial charge in [0.05, 0.1) is 0 Å². The largest absolute Gasteiger partial charge is 0.396 e. The molecule has 1 aromatic carbocycles. The summed E-state index contributed by atoms with van der Waals surface area (Å²) in [7, 11) is 2.13. The zero-order valence-corrected chi connectivity index (χ0v) is 12.5. The van der Waals surface area contributed by atoms with Gasteiger partial charge in [0.15, 0.2) is 0 Å². The Morgan fingerprint density at radius 2 is 1.75 bits per heavy atom. The number of benzene rings is 1. The van der Waals surface area contributed by atoms with E-state index < -0.39 is 0 Å². The molecule has 0 unspecified atom stereocenters. The van der Waals surface area contributed by atoms with Crippen LogP contribution in [-0.2, 0) is 0 Å². The number of piperazine rings is 1. The van der Waals surface area contributed by atoms with Crippen molar-refractivity contribution in [2.24, 2.45) is 0 Å². The van der Waals surface area contributed by atoms with Crippen molar-refractivity contribution in [2.75, 3.05) is 64.4 Å². The van der Waals surface area contributed by atoms with E-state index in [2.05, 4.69) is 52.1 Å². The van der Waals surface area contributed by atoms with Crippen LogP contribution in [-0.4, -0.2) is 74.4 Å². The molecule has 0 bridgehead atoms. The zero-order chi connectivity index (χ0) is 14.2. The summed E-state index contributed by atoms with van der Waals surface area (Å²) in [6, 6.07) is 10.7. The monoisotopic (exact) mass is 277 g/mol. The molecule has 0 radical (unpaired) electrons. The van der Waals surface area contributed by atoms with E-state index in [0.717, 1.165) is 52.2 Å². The van der Waals surface area contributed by atoms with Crippen LogP contribution < -0.4 is 4.90 Å². The number of aliphatic hydroxyl groups is 1. The van der Waals surface area contributed by atoms with Crippen LogP contribution in [0.1, 0.15) is 6.42 Å². The molecule has 1 aromatic rings. The van der Waals surface area contributed by atoms with Crippen molar-refractivity contribution >= 4 is 5.69 Å². The molecule has 1 saturated heterocycles. The van der Waals surface area contributed by atoms with E-state index in [1.165, 1.54) is 5.69 Å². The second-order valence-electron chi connectivity index (χ2n) is 5.54. The molecule has 0 saturated carbocycles. The summed E-state index contributed by atoms with van der Waals surface area (Å²) in [5, 5.41) is 8.83. The molecule has 0 aromatic heterocycles. The Morgan fingerprint density at radius 1 is 1.05 bits per heavy atom. The first kappa shape index (κ1) is 15.3. The average molecular weight is 277 g/mol. The number of anilines is 1. The second kappa shape index (κ2) is 8.25. The molecule has 1 aliphatic rings. The first-order chi connectivity index (χ1) is 9.79. The van der Waals surface area contributed by atoms with Gasteiger partial charge in [-0.15, -0.1) is 0 Å². The van der Waals surface area contributed by atoms with Crippen molar-refractivity contribution < 1.29 is 5.11 Å². The number of aliphatic hydroxyl groups excluding tert-OH is 1. The Hall–Kier alpha value is -1.10. The summed E-state index contributed by atoms with van der Waals surface area (Å²) in [5.74, 6) is 0. The highest BCUT2D eigenvalue weighted by Gasteiger charge is 2.16. The van der Waals surface area contributed by atoms with Crippen LogP contribution in [0.2, 0.25) is 0 Å². The summed E-state index contributed by atoms with van der Waals surface area (Å²) in [4.78, 5) is 7.31. The van der Waals surface area contributed by atoms with Crippen LogP contribution in [0.4, 0.5) is 5.69 Å². The SMILES string of the molecule is CN(CCCO)CCN1CCN(c2ccccc2)CC1. The number of hydrogen-bond donors (Lipinski definition) is 1. The minimum atomic E-state index is 0.292. The molecule has 1 aliphatic heterocycles. The number of para-hydroxylation sites is 1. The second-order valence-corrected chi connectivity index (χ2v) is 5.54. The van der Waals surface area contributed by atoms with E-state index in [-0.39, 0.29) is 0 Å². The van der Waals surface area contributed by atoms with Crippen molar-refractivity contribution in [3.63, 3.8) is 0 Å². The summed E-state index contributed by atoms with van der Waals surface area (Å²) < 4.78 is 0. The molecule has 0 atom stereocenters. The molecule has 2 rings (SSSR count). The summed E-state index contributed by atoms with van der Waals surface area (Å²) in [6.45, 7) is 8.01. The lowest BCUT2D eigenvalue weighted by molar-refractivity contribution is 0.202. The Labute approximate surface area is 122 Å². The van der Waals surface area contributed by atoms with Crippen molar-refractivity contribution in [3.05, 3.63) is 30.3 Å². The lowest BCUT2D eigenvalue weighted by Gasteiger charge is -2.36. The lowest BCUT2D eigenvalue weighted by atomic mass is 10.2. The summed E-state index contributed by atoms with van der Waals surface area (Å²) >= 11 is 0. The van der Waals surface area contributed by atoms with E-state index in [1.807, 2.05) is 0 Å². The minimum Gasteiger partial charge on any atom is -0.396 e. The molecule has 0 amide bonds. The quantitative estimate of drug-likeness (QED) is 0.809. The Kier molecular flexibility index (Phi) is 6.30.